The molecule has 1 heteroatoms. The summed E-state index contributed by atoms with van der Waals surface area (Å²) in [6.07, 6.45) is 4.27. The summed E-state index contributed by atoms with van der Waals surface area (Å²) < 4.78 is 0. The molecule has 0 heterocycles. The molecule has 2 aromatic carbocycles. The lowest BCUT2D eigenvalue weighted by Crippen LogP contribution is -2.08. The van der Waals surface area contributed by atoms with Crippen LogP contribution in [0.2, 0.25) is 0 Å². The highest BCUT2D eigenvalue weighted by Crippen LogP contribution is 2.15. The first kappa shape index (κ1) is 11.5. The van der Waals surface area contributed by atoms with Crippen molar-refractivity contribution in [1.82, 2.24) is 0 Å². The molecule has 0 aromatic heterocycles. The summed E-state index contributed by atoms with van der Waals surface area (Å²) >= 11 is 0. The van der Waals surface area contributed by atoms with Gasteiger partial charge in [-0.25, -0.2) is 0 Å². The SMILES string of the molecule is CN(C)c1cccc(/C=C/c2ccccc2)c1. The Morgan fingerprint density at radius 1 is 0.765 bits per heavy atom. The topological polar surface area (TPSA) is 3.24 Å². The normalized spacial score (nSPS) is 10.7. The van der Waals surface area contributed by atoms with Gasteiger partial charge in [0.05, 0.1) is 0 Å². The van der Waals surface area contributed by atoms with E-state index in [1.54, 1.807) is 0 Å². The van der Waals surface area contributed by atoms with Crippen LogP contribution in [-0.2, 0) is 0 Å². The van der Waals surface area contributed by atoms with E-state index in [0.29, 0.717) is 0 Å². The molecule has 0 aliphatic carbocycles. The highest BCUT2D eigenvalue weighted by Gasteiger charge is 1.94. The van der Waals surface area contributed by atoms with Crippen molar-refractivity contribution in [3.8, 4) is 0 Å². The Labute approximate surface area is 103 Å². The molecule has 0 atom stereocenters. The highest BCUT2D eigenvalue weighted by atomic mass is 15.1. The molecule has 0 aliphatic rings. The van der Waals surface area contributed by atoms with Crippen LogP contribution >= 0.6 is 0 Å². The van der Waals surface area contributed by atoms with Gasteiger partial charge in [0.1, 0.15) is 0 Å². The summed E-state index contributed by atoms with van der Waals surface area (Å²) in [4.78, 5) is 2.11. The van der Waals surface area contributed by atoms with Crippen molar-refractivity contribution < 1.29 is 0 Å². The lowest BCUT2D eigenvalue weighted by atomic mass is 10.1. The zero-order valence-corrected chi connectivity index (χ0v) is 10.3. The zero-order chi connectivity index (χ0) is 12.1. The monoisotopic (exact) mass is 223 g/mol. The fourth-order valence-electron chi connectivity index (χ4n) is 1.66. The molecule has 0 radical (unpaired) electrons. The van der Waals surface area contributed by atoms with Crippen molar-refractivity contribution in [2.24, 2.45) is 0 Å². The van der Waals surface area contributed by atoms with Crippen LogP contribution in [0, 0.1) is 0 Å². The summed E-state index contributed by atoms with van der Waals surface area (Å²) in [5.41, 5.74) is 3.67. The molecular formula is C16H17N. The highest BCUT2D eigenvalue weighted by molar-refractivity contribution is 5.71. The lowest BCUT2D eigenvalue weighted by Gasteiger charge is -2.12. The van der Waals surface area contributed by atoms with Crippen LogP contribution in [0.3, 0.4) is 0 Å². The second-order valence-corrected chi connectivity index (χ2v) is 4.23. The smallest absolute Gasteiger partial charge is 0.0367 e. The Kier molecular flexibility index (Phi) is 3.61. The van der Waals surface area contributed by atoms with Crippen molar-refractivity contribution in [2.45, 2.75) is 0 Å². The molecule has 17 heavy (non-hydrogen) atoms. The van der Waals surface area contributed by atoms with Gasteiger partial charge in [-0.1, -0.05) is 54.6 Å². The Hall–Kier alpha value is -2.02. The van der Waals surface area contributed by atoms with Gasteiger partial charge in [-0.2, -0.15) is 0 Å². The van der Waals surface area contributed by atoms with Crippen LogP contribution in [0.4, 0.5) is 5.69 Å². The van der Waals surface area contributed by atoms with Gasteiger partial charge in [0, 0.05) is 19.8 Å². The van der Waals surface area contributed by atoms with E-state index < -0.39 is 0 Å². The first-order chi connectivity index (χ1) is 8.25. The van der Waals surface area contributed by atoms with E-state index in [0.717, 1.165) is 0 Å². The van der Waals surface area contributed by atoms with Crippen molar-refractivity contribution in [1.29, 1.82) is 0 Å². The van der Waals surface area contributed by atoms with Crippen molar-refractivity contribution in [3.63, 3.8) is 0 Å². The van der Waals surface area contributed by atoms with Gasteiger partial charge in [0.25, 0.3) is 0 Å². The van der Waals surface area contributed by atoms with Crippen LogP contribution in [0.5, 0.6) is 0 Å². The molecule has 0 fully saturated rings. The molecule has 86 valence electrons. The molecule has 0 amide bonds. The number of hydrogen-bond donors (Lipinski definition) is 0. The minimum Gasteiger partial charge on any atom is -0.378 e. The summed E-state index contributed by atoms with van der Waals surface area (Å²) in [5, 5.41) is 0. The minimum absolute atomic E-state index is 1.22. The average molecular weight is 223 g/mol. The molecule has 0 bridgehead atoms. The van der Waals surface area contributed by atoms with E-state index in [1.165, 1.54) is 16.8 Å². The molecule has 0 spiro atoms. The van der Waals surface area contributed by atoms with Crippen LogP contribution in [0.25, 0.3) is 12.2 Å². The van der Waals surface area contributed by atoms with Crippen molar-refractivity contribution >= 4 is 17.8 Å². The third kappa shape index (κ3) is 3.22. The van der Waals surface area contributed by atoms with Gasteiger partial charge in [0.15, 0.2) is 0 Å². The third-order valence-corrected chi connectivity index (χ3v) is 2.65. The van der Waals surface area contributed by atoms with Crippen LogP contribution in [0.15, 0.2) is 54.6 Å². The second-order valence-electron chi connectivity index (χ2n) is 4.23. The molecule has 0 N–H and O–H groups in total. The molecule has 1 nitrogen and oxygen atoms in total. The Bertz CT molecular complexity index is 498. The lowest BCUT2D eigenvalue weighted by molar-refractivity contribution is 1.13. The first-order valence-electron chi connectivity index (χ1n) is 5.76. The first-order valence-corrected chi connectivity index (χ1v) is 5.76. The summed E-state index contributed by atoms with van der Waals surface area (Å²) in [5.74, 6) is 0. The maximum Gasteiger partial charge on any atom is 0.0367 e. The molecule has 0 saturated carbocycles. The van der Waals surface area contributed by atoms with E-state index in [9.17, 15) is 0 Å². The maximum absolute atomic E-state index is 2.18. The predicted molar refractivity (Wildman–Crippen MR) is 76.1 cm³/mol. The number of hydrogen-bond acceptors (Lipinski definition) is 1. The number of benzene rings is 2. The van der Waals surface area contributed by atoms with E-state index >= 15 is 0 Å². The molecule has 2 aromatic rings. The van der Waals surface area contributed by atoms with Gasteiger partial charge in [0.2, 0.25) is 0 Å². The fraction of sp³-hybridized carbons (Fsp3) is 0.125. The van der Waals surface area contributed by atoms with E-state index in [4.69, 9.17) is 0 Å². The Morgan fingerprint density at radius 2 is 1.41 bits per heavy atom. The summed E-state index contributed by atoms with van der Waals surface area (Å²) in [7, 11) is 4.11. The van der Waals surface area contributed by atoms with Crippen LogP contribution in [-0.4, -0.2) is 14.1 Å². The average Bonchev–Trinajstić information content (AvgIpc) is 2.38. The number of anilines is 1. The number of rotatable bonds is 3. The standard InChI is InChI=1S/C16H17N/c1-17(2)16-10-6-9-15(13-16)12-11-14-7-4-3-5-8-14/h3-13H,1-2H3/b12-11+. The Morgan fingerprint density at radius 3 is 2.12 bits per heavy atom. The van der Waals surface area contributed by atoms with E-state index in [1.807, 2.05) is 6.07 Å². The van der Waals surface area contributed by atoms with Gasteiger partial charge >= 0.3 is 0 Å². The van der Waals surface area contributed by atoms with Gasteiger partial charge in [-0.05, 0) is 23.3 Å². The largest absolute Gasteiger partial charge is 0.378 e. The molecule has 0 aliphatic heterocycles. The van der Waals surface area contributed by atoms with E-state index in [2.05, 4.69) is 79.7 Å². The summed E-state index contributed by atoms with van der Waals surface area (Å²) in [6, 6.07) is 18.8. The second kappa shape index (κ2) is 5.35. The van der Waals surface area contributed by atoms with Crippen LogP contribution < -0.4 is 4.90 Å². The number of nitrogens with zero attached hydrogens (tertiary/aromatic N) is 1. The Balaban J connectivity index is 2.19. The van der Waals surface area contributed by atoms with Gasteiger partial charge in [-0.15, -0.1) is 0 Å². The quantitative estimate of drug-likeness (QED) is 0.713. The van der Waals surface area contributed by atoms with Gasteiger partial charge < -0.3 is 4.90 Å². The van der Waals surface area contributed by atoms with E-state index in [-0.39, 0.29) is 0 Å². The predicted octanol–water partition coefficient (Wildman–Crippen LogP) is 3.92. The summed E-state index contributed by atoms with van der Waals surface area (Å²) in [6.45, 7) is 0. The van der Waals surface area contributed by atoms with Crippen molar-refractivity contribution in [2.75, 3.05) is 19.0 Å². The maximum atomic E-state index is 2.18. The fourth-order valence-corrected chi connectivity index (χ4v) is 1.66. The molecule has 0 saturated heterocycles. The molecule has 0 unspecified atom stereocenters. The third-order valence-electron chi connectivity index (χ3n) is 2.65. The van der Waals surface area contributed by atoms with Crippen LogP contribution in [0.1, 0.15) is 11.1 Å². The zero-order valence-electron chi connectivity index (χ0n) is 10.3. The molecule has 2 rings (SSSR count). The minimum atomic E-state index is 1.22. The van der Waals surface area contributed by atoms with Gasteiger partial charge in [-0.3, -0.25) is 0 Å². The van der Waals surface area contributed by atoms with Crippen molar-refractivity contribution in [3.05, 3.63) is 65.7 Å². The molecular weight excluding hydrogens is 206 g/mol.